The van der Waals surface area contributed by atoms with Gasteiger partial charge >= 0.3 is 0 Å². The Balaban J connectivity index is 0.000000250. The molecule has 8 rings (SSSR count). The van der Waals surface area contributed by atoms with Gasteiger partial charge in [-0.25, -0.2) is 0 Å². The van der Waals surface area contributed by atoms with E-state index in [1.807, 2.05) is 97.9 Å². The standard InChI is InChI=1S/C31H23N2.C11H8N.Ir/c1-22(23-10-4-2-5-11-23)24-18-19-32-29(21-24)25-16-17-31-28(20-25)27-14-8-9-15-30(27)33(31)26-12-6-3-7-13-26;1-2-6-10(7-3-1)11-8-4-5-9-12-11;/h2-15,17-22H,1H3;1-6,8-9H;/q2*-1;/i22D;;. The number of pyridine rings is 2. The second kappa shape index (κ2) is 14.3. The smallest absolute Gasteiger partial charge is 0.0436 e. The first kappa shape index (κ1) is 29.6. The van der Waals surface area contributed by atoms with Crippen molar-refractivity contribution in [2.45, 2.75) is 12.8 Å². The van der Waals surface area contributed by atoms with Crippen molar-refractivity contribution in [1.82, 2.24) is 14.5 Å². The summed E-state index contributed by atoms with van der Waals surface area (Å²) in [6.07, 6.45) is 3.59. The summed E-state index contributed by atoms with van der Waals surface area (Å²) in [7, 11) is 0. The van der Waals surface area contributed by atoms with Crippen LogP contribution in [0.4, 0.5) is 0 Å². The number of fused-ring (bicyclic) bond motifs is 3. The Morgan fingerprint density at radius 3 is 2.07 bits per heavy atom. The normalized spacial score (nSPS) is 12.3. The third-order valence-electron chi connectivity index (χ3n) is 7.95. The fraction of sp³-hybridized carbons (Fsp3) is 0.0476. The minimum absolute atomic E-state index is 0. The molecule has 0 fully saturated rings. The zero-order valence-electron chi connectivity index (χ0n) is 26.3. The molecule has 0 aliphatic rings. The number of aromatic nitrogens is 3. The molecule has 1 atom stereocenters. The van der Waals surface area contributed by atoms with E-state index in [1.165, 1.54) is 10.9 Å². The van der Waals surface area contributed by atoms with Gasteiger partial charge in [-0.2, -0.15) is 0 Å². The van der Waals surface area contributed by atoms with Crippen LogP contribution in [0.2, 0.25) is 0 Å². The molecular weight excluding hydrogens is 739 g/mol. The summed E-state index contributed by atoms with van der Waals surface area (Å²) in [5, 5.41) is 2.36. The molecule has 0 amide bonds. The Morgan fingerprint density at radius 1 is 0.587 bits per heavy atom. The van der Waals surface area contributed by atoms with Gasteiger partial charge in [0.2, 0.25) is 0 Å². The molecule has 1 radical (unpaired) electrons. The Labute approximate surface area is 285 Å². The summed E-state index contributed by atoms with van der Waals surface area (Å²) in [6.45, 7) is 1.93. The van der Waals surface area contributed by atoms with Gasteiger partial charge in [0.15, 0.2) is 0 Å². The van der Waals surface area contributed by atoms with E-state index in [9.17, 15) is 0 Å². The minimum atomic E-state index is -0.869. The van der Waals surface area contributed by atoms with Gasteiger partial charge in [0, 0.05) is 51.0 Å². The molecule has 4 heteroatoms. The van der Waals surface area contributed by atoms with E-state index >= 15 is 0 Å². The molecule has 0 N–H and O–H groups in total. The molecule has 225 valence electrons. The third kappa shape index (κ3) is 6.46. The maximum Gasteiger partial charge on any atom is 0.0436 e. The summed E-state index contributed by atoms with van der Waals surface area (Å²) in [5.41, 5.74) is 9.03. The van der Waals surface area contributed by atoms with Crippen molar-refractivity contribution in [3.8, 4) is 28.2 Å². The van der Waals surface area contributed by atoms with Crippen LogP contribution in [0, 0.1) is 12.1 Å². The molecule has 0 saturated carbocycles. The van der Waals surface area contributed by atoms with Gasteiger partial charge in [-0.05, 0) is 63.7 Å². The van der Waals surface area contributed by atoms with E-state index in [0.717, 1.165) is 50.2 Å². The second-order valence-corrected chi connectivity index (χ2v) is 10.7. The van der Waals surface area contributed by atoms with Gasteiger partial charge in [-0.3, -0.25) is 0 Å². The van der Waals surface area contributed by atoms with E-state index in [-0.39, 0.29) is 20.1 Å². The topological polar surface area (TPSA) is 30.7 Å². The van der Waals surface area contributed by atoms with Crippen molar-refractivity contribution in [2.75, 3.05) is 0 Å². The summed E-state index contributed by atoms with van der Waals surface area (Å²) in [4.78, 5) is 8.87. The molecular formula is C42H31IrN3-2. The second-order valence-electron chi connectivity index (χ2n) is 10.7. The molecule has 8 aromatic rings. The van der Waals surface area contributed by atoms with Gasteiger partial charge < -0.3 is 14.5 Å². The third-order valence-corrected chi connectivity index (χ3v) is 7.95. The maximum absolute atomic E-state index is 9.06. The van der Waals surface area contributed by atoms with E-state index < -0.39 is 5.89 Å². The number of hydrogen-bond acceptors (Lipinski definition) is 2. The maximum atomic E-state index is 9.06. The van der Waals surface area contributed by atoms with Crippen LogP contribution in [0.25, 0.3) is 50.0 Å². The zero-order valence-corrected chi connectivity index (χ0v) is 27.7. The SMILES string of the molecule is [2H]C(C)(c1ccccc1)c1ccnc(-c2[c-]cc3c(c2)c2ccccc2n3-c2ccccc2)c1.[Ir].[c-]1ccccc1-c1ccccn1. The first-order chi connectivity index (χ1) is 22.6. The molecule has 46 heavy (non-hydrogen) atoms. The Hall–Kier alpha value is -5.15. The van der Waals surface area contributed by atoms with Gasteiger partial charge in [0.1, 0.15) is 0 Å². The molecule has 3 aromatic heterocycles. The van der Waals surface area contributed by atoms with E-state index in [2.05, 4.69) is 87.3 Å². The molecule has 0 aliphatic heterocycles. The summed E-state index contributed by atoms with van der Waals surface area (Å²) >= 11 is 0. The Bertz CT molecular complexity index is 2180. The van der Waals surface area contributed by atoms with Gasteiger partial charge in [-0.15, -0.1) is 59.7 Å². The van der Waals surface area contributed by atoms with E-state index in [0.29, 0.717) is 0 Å². The van der Waals surface area contributed by atoms with Crippen molar-refractivity contribution in [2.24, 2.45) is 0 Å². The Morgan fingerprint density at radius 2 is 1.30 bits per heavy atom. The van der Waals surface area contributed by atoms with Crippen LogP contribution in [0.1, 0.15) is 25.3 Å². The van der Waals surface area contributed by atoms with Crippen molar-refractivity contribution in [3.63, 3.8) is 0 Å². The largest absolute Gasteiger partial charge is 0.351 e. The number of rotatable bonds is 5. The fourth-order valence-corrected chi connectivity index (χ4v) is 5.65. The van der Waals surface area contributed by atoms with Crippen LogP contribution >= 0.6 is 0 Å². The fourth-order valence-electron chi connectivity index (χ4n) is 5.65. The van der Waals surface area contributed by atoms with Crippen molar-refractivity contribution in [3.05, 3.63) is 187 Å². The molecule has 3 heterocycles. The molecule has 1 unspecified atom stereocenters. The monoisotopic (exact) mass is 771 g/mol. The van der Waals surface area contributed by atoms with Crippen LogP contribution in [0.3, 0.4) is 0 Å². The molecule has 0 aliphatic carbocycles. The van der Waals surface area contributed by atoms with Crippen LogP contribution < -0.4 is 0 Å². The van der Waals surface area contributed by atoms with Crippen LogP contribution in [-0.2, 0) is 20.1 Å². The predicted octanol–water partition coefficient (Wildman–Crippen LogP) is 10.3. The minimum Gasteiger partial charge on any atom is -0.351 e. The average Bonchev–Trinajstić information content (AvgIpc) is 3.47. The zero-order chi connectivity index (χ0) is 31.3. The van der Waals surface area contributed by atoms with Crippen molar-refractivity contribution < 1.29 is 21.5 Å². The first-order valence-electron chi connectivity index (χ1n) is 15.5. The van der Waals surface area contributed by atoms with Gasteiger partial charge in [-0.1, -0.05) is 97.2 Å². The number of hydrogen-bond donors (Lipinski definition) is 0. The molecule has 3 nitrogen and oxygen atoms in total. The van der Waals surface area contributed by atoms with Gasteiger partial charge in [0.25, 0.3) is 0 Å². The molecule has 0 spiro atoms. The van der Waals surface area contributed by atoms with Crippen LogP contribution in [0.5, 0.6) is 0 Å². The van der Waals surface area contributed by atoms with E-state index in [1.54, 1.807) is 12.4 Å². The number of para-hydroxylation sites is 2. The molecule has 5 aromatic carbocycles. The predicted molar refractivity (Wildman–Crippen MR) is 185 cm³/mol. The van der Waals surface area contributed by atoms with Gasteiger partial charge in [0.05, 0.1) is 0 Å². The van der Waals surface area contributed by atoms with Crippen LogP contribution in [-0.4, -0.2) is 14.5 Å². The summed E-state index contributed by atoms with van der Waals surface area (Å²) in [6, 6.07) is 57.3. The van der Waals surface area contributed by atoms with Crippen LogP contribution in [0.15, 0.2) is 164 Å². The van der Waals surface area contributed by atoms with Crippen molar-refractivity contribution in [1.29, 1.82) is 0 Å². The van der Waals surface area contributed by atoms with E-state index in [4.69, 9.17) is 1.37 Å². The summed E-state index contributed by atoms with van der Waals surface area (Å²) in [5.74, 6) is -0.869. The molecule has 0 bridgehead atoms. The number of benzene rings is 5. The van der Waals surface area contributed by atoms with Crippen molar-refractivity contribution >= 4 is 21.8 Å². The molecule has 0 saturated heterocycles. The summed E-state index contributed by atoms with van der Waals surface area (Å²) < 4.78 is 11.3. The quantitative estimate of drug-likeness (QED) is 0.163. The Kier molecular flexibility index (Phi) is 9.19. The average molecular weight is 771 g/mol. The first-order valence-corrected chi connectivity index (χ1v) is 15.0. The number of nitrogens with zero attached hydrogens (tertiary/aromatic N) is 3.